The Bertz CT molecular complexity index is 900. The van der Waals surface area contributed by atoms with Gasteiger partial charge in [0.1, 0.15) is 5.82 Å². The topological polar surface area (TPSA) is 93.7 Å². The highest BCUT2D eigenvalue weighted by Crippen LogP contribution is 2.34. The second-order valence-corrected chi connectivity index (χ2v) is 7.34. The minimum atomic E-state index is -3.72. The summed E-state index contributed by atoms with van der Waals surface area (Å²) in [5.41, 5.74) is 0.575. The summed E-state index contributed by atoms with van der Waals surface area (Å²) >= 11 is 0. The van der Waals surface area contributed by atoms with Crippen LogP contribution in [-0.2, 0) is 14.8 Å². The highest BCUT2D eigenvalue weighted by Gasteiger charge is 2.15. The summed E-state index contributed by atoms with van der Waals surface area (Å²) in [6, 6.07) is 9.59. The van der Waals surface area contributed by atoms with Gasteiger partial charge in [0.25, 0.3) is 0 Å². The number of sulfonamides is 1. The molecule has 0 saturated carbocycles. The van der Waals surface area contributed by atoms with E-state index in [1.165, 1.54) is 12.1 Å². The van der Waals surface area contributed by atoms with E-state index in [0.29, 0.717) is 23.6 Å². The normalized spacial score (nSPS) is 12.8. The minimum Gasteiger partial charge on any atom is -0.454 e. The number of nitrogens with one attached hydrogen (secondary N) is 2. The van der Waals surface area contributed by atoms with Crippen LogP contribution in [0.15, 0.2) is 47.4 Å². The van der Waals surface area contributed by atoms with E-state index >= 15 is 0 Å². The average molecular weight is 380 g/mol. The summed E-state index contributed by atoms with van der Waals surface area (Å²) in [5, 5.41) is 2.71. The number of hydrogen-bond donors (Lipinski definition) is 2. The van der Waals surface area contributed by atoms with Gasteiger partial charge in [0.2, 0.25) is 22.7 Å². The number of carbonyl (C=O) groups excluding carboxylic acids is 1. The number of ether oxygens (including phenoxy) is 2. The summed E-state index contributed by atoms with van der Waals surface area (Å²) < 4.78 is 49.7. The van der Waals surface area contributed by atoms with E-state index in [1.807, 2.05) is 0 Å². The van der Waals surface area contributed by atoms with E-state index in [4.69, 9.17) is 9.47 Å². The fourth-order valence-electron chi connectivity index (χ4n) is 2.35. The molecule has 7 nitrogen and oxygen atoms in total. The van der Waals surface area contributed by atoms with Crippen molar-refractivity contribution in [2.24, 2.45) is 0 Å². The van der Waals surface area contributed by atoms with Gasteiger partial charge in [-0.15, -0.1) is 0 Å². The van der Waals surface area contributed by atoms with E-state index in [1.54, 1.807) is 18.2 Å². The number of halogens is 1. The molecule has 1 heterocycles. The molecule has 2 aromatic carbocycles. The Hall–Kier alpha value is -2.65. The summed E-state index contributed by atoms with van der Waals surface area (Å²) in [5.74, 6) is 0.432. The lowest BCUT2D eigenvalue weighted by Gasteiger charge is -2.08. The van der Waals surface area contributed by atoms with E-state index in [9.17, 15) is 17.6 Å². The molecular weight excluding hydrogens is 363 g/mol. The molecule has 1 aliphatic heterocycles. The molecule has 2 N–H and O–H groups in total. The summed E-state index contributed by atoms with van der Waals surface area (Å²) in [6.45, 7) is 0.245. The zero-order valence-electron chi connectivity index (χ0n) is 13.7. The number of amides is 1. The minimum absolute atomic E-state index is 0.0243. The van der Waals surface area contributed by atoms with Crippen molar-refractivity contribution in [1.29, 1.82) is 0 Å². The number of rotatable bonds is 7. The van der Waals surface area contributed by atoms with Crippen LogP contribution in [0.25, 0.3) is 0 Å². The maximum atomic E-state index is 12.8. The molecule has 1 aliphatic rings. The van der Waals surface area contributed by atoms with Crippen LogP contribution in [0.2, 0.25) is 0 Å². The molecule has 0 atom stereocenters. The van der Waals surface area contributed by atoms with Gasteiger partial charge in [0.15, 0.2) is 11.5 Å². The molecule has 0 aromatic heterocycles. The third-order valence-electron chi connectivity index (χ3n) is 3.65. The Kier molecular flexibility index (Phi) is 5.38. The van der Waals surface area contributed by atoms with Crippen LogP contribution in [0.4, 0.5) is 10.1 Å². The molecule has 0 fully saturated rings. The van der Waals surface area contributed by atoms with Gasteiger partial charge >= 0.3 is 0 Å². The molecule has 0 spiro atoms. The van der Waals surface area contributed by atoms with E-state index in [2.05, 4.69) is 10.0 Å². The van der Waals surface area contributed by atoms with E-state index in [-0.39, 0.29) is 30.6 Å². The Morgan fingerprint density at radius 1 is 1.08 bits per heavy atom. The van der Waals surface area contributed by atoms with Gasteiger partial charge in [-0.1, -0.05) is 0 Å². The predicted octanol–water partition coefficient (Wildman–Crippen LogP) is 2.25. The van der Waals surface area contributed by atoms with Crippen molar-refractivity contribution in [3.05, 3.63) is 48.3 Å². The molecule has 0 saturated heterocycles. The van der Waals surface area contributed by atoms with Gasteiger partial charge in [-0.2, -0.15) is 0 Å². The van der Waals surface area contributed by atoms with Gasteiger partial charge in [-0.05, 0) is 42.8 Å². The van der Waals surface area contributed by atoms with Crippen molar-refractivity contribution in [1.82, 2.24) is 4.72 Å². The molecule has 0 bridgehead atoms. The lowest BCUT2D eigenvalue weighted by atomic mass is 10.2. The molecule has 3 rings (SSSR count). The maximum Gasteiger partial charge on any atom is 0.240 e. The summed E-state index contributed by atoms with van der Waals surface area (Å²) in [4.78, 5) is 11.9. The quantitative estimate of drug-likeness (QED) is 0.719. The van der Waals surface area contributed by atoms with Crippen LogP contribution in [0, 0.1) is 5.82 Å². The highest BCUT2D eigenvalue weighted by molar-refractivity contribution is 7.89. The van der Waals surface area contributed by atoms with Crippen LogP contribution < -0.4 is 19.5 Å². The zero-order valence-corrected chi connectivity index (χ0v) is 14.5. The Morgan fingerprint density at radius 2 is 1.81 bits per heavy atom. The number of benzene rings is 2. The summed E-state index contributed by atoms with van der Waals surface area (Å²) in [7, 11) is -3.72. The number of carbonyl (C=O) groups is 1. The first kappa shape index (κ1) is 18.2. The smallest absolute Gasteiger partial charge is 0.240 e. The second-order valence-electron chi connectivity index (χ2n) is 5.57. The first-order chi connectivity index (χ1) is 12.4. The van der Waals surface area contributed by atoms with E-state index in [0.717, 1.165) is 12.1 Å². The highest BCUT2D eigenvalue weighted by atomic mass is 32.2. The van der Waals surface area contributed by atoms with Crippen molar-refractivity contribution < 1.29 is 27.1 Å². The molecule has 0 radical (unpaired) electrons. The molecule has 1 amide bonds. The van der Waals surface area contributed by atoms with E-state index < -0.39 is 15.8 Å². The lowest BCUT2D eigenvalue weighted by Crippen LogP contribution is -2.25. The van der Waals surface area contributed by atoms with Gasteiger partial charge in [-0.25, -0.2) is 17.5 Å². The van der Waals surface area contributed by atoms with Gasteiger partial charge in [-0.3, -0.25) is 4.79 Å². The third-order valence-corrected chi connectivity index (χ3v) is 5.13. The van der Waals surface area contributed by atoms with Gasteiger partial charge < -0.3 is 14.8 Å². The molecule has 0 aliphatic carbocycles. The number of hydrogen-bond acceptors (Lipinski definition) is 5. The van der Waals surface area contributed by atoms with Crippen LogP contribution in [0.5, 0.6) is 11.5 Å². The standard InChI is InChI=1S/C17H17FN2O5S/c18-12-3-6-14(7-4-12)26(22,23)19-9-1-2-17(21)20-13-5-8-15-16(10-13)25-11-24-15/h3-8,10,19H,1-2,9,11H2,(H,20,21). The predicted molar refractivity (Wildman–Crippen MR) is 92.0 cm³/mol. The van der Waals surface area contributed by atoms with Crippen molar-refractivity contribution in [3.63, 3.8) is 0 Å². The van der Waals surface area contributed by atoms with Crippen LogP contribution in [0.3, 0.4) is 0 Å². The van der Waals surface area contributed by atoms with Crippen LogP contribution in [-0.4, -0.2) is 27.7 Å². The zero-order chi connectivity index (χ0) is 18.6. The summed E-state index contributed by atoms with van der Waals surface area (Å²) in [6.07, 6.45) is 0.456. The van der Waals surface area contributed by atoms with Crippen LogP contribution >= 0.6 is 0 Å². The van der Waals surface area contributed by atoms with Crippen molar-refractivity contribution in [3.8, 4) is 11.5 Å². The molecule has 9 heteroatoms. The van der Waals surface area contributed by atoms with Crippen molar-refractivity contribution in [2.75, 3.05) is 18.7 Å². The van der Waals surface area contributed by atoms with Gasteiger partial charge in [0, 0.05) is 24.7 Å². The third kappa shape index (κ3) is 4.50. The second kappa shape index (κ2) is 7.71. The van der Waals surface area contributed by atoms with Gasteiger partial charge in [0.05, 0.1) is 4.90 Å². The Morgan fingerprint density at radius 3 is 2.58 bits per heavy atom. The average Bonchev–Trinajstić information content (AvgIpc) is 3.07. The van der Waals surface area contributed by atoms with Crippen molar-refractivity contribution >= 4 is 21.6 Å². The number of anilines is 1. The lowest BCUT2D eigenvalue weighted by molar-refractivity contribution is -0.116. The molecule has 2 aromatic rings. The monoisotopic (exact) mass is 380 g/mol. The maximum absolute atomic E-state index is 12.8. The first-order valence-electron chi connectivity index (χ1n) is 7.89. The molecular formula is C17H17FN2O5S. The fraction of sp³-hybridized carbons (Fsp3) is 0.235. The van der Waals surface area contributed by atoms with Crippen molar-refractivity contribution in [2.45, 2.75) is 17.7 Å². The molecule has 0 unspecified atom stereocenters. The van der Waals surface area contributed by atoms with Crippen LogP contribution in [0.1, 0.15) is 12.8 Å². The largest absolute Gasteiger partial charge is 0.454 e. The molecule has 138 valence electrons. The Balaban J connectivity index is 1.44. The first-order valence-corrected chi connectivity index (χ1v) is 9.37. The fourth-order valence-corrected chi connectivity index (χ4v) is 3.42. The number of fused-ring (bicyclic) bond motifs is 1. The Labute approximate surface area is 150 Å². The SMILES string of the molecule is O=C(CCCNS(=O)(=O)c1ccc(F)cc1)Nc1ccc2c(c1)OCO2. The molecule has 26 heavy (non-hydrogen) atoms.